The Morgan fingerprint density at radius 1 is 1.15 bits per heavy atom. The first-order valence-corrected chi connectivity index (χ1v) is 11.9. The molecule has 33 heavy (non-hydrogen) atoms. The number of methoxy groups -OCH3 is 1. The second kappa shape index (κ2) is 9.46. The van der Waals surface area contributed by atoms with Crippen LogP contribution in [0.15, 0.2) is 53.0 Å². The zero-order valence-corrected chi connectivity index (χ0v) is 21.2. The van der Waals surface area contributed by atoms with Crippen molar-refractivity contribution in [1.29, 1.82) is 0 Å². The molecule has 3 N–H and O–H groups in total. The van der Waals surface area contributed by atoms with Crippen molar-refractivity contribution in [2.75, 3.05) is 12.4 Å². The van der Waals surface area contributed by atoms with Gasteiger partial charge in [-0.05, 0) is 73.6 Å². The first kappa shape index (κ1) is 23.2. The molecule has 1 amide bonds. The number of fused-ring (bicyclic) bond motifs is 1. The van der Waals surface area contributed by atoms with Gasteiger partial charge in [-0.3, -0.25) is 10.1 Å². The summed E-state index contributed by atoms with van der Waals surface area (Å²) < 4.78 is 7.19. The van der Waals surface area contributed by atoms with Gasteiger partial charge >= 0.3 is 0 Å². The number of hydrogen-bond acceptors (Lipinski definition) is 6. The molecule has 0 aliphatic carbocycles. The third kappa shape index (κ3) is 4.85. The number of nitrogens with one attached hydrogen (secondary N) is 2. The summed E-state index contributed by atoms with van der Waals surface area (Å²) in [6.45, 7) is 3.66. The molecule has 3 aromatic carbocycles. The molecule has 0 radical (unpaired) electrons. The van der Waals surface area contributed by atoms with Crippen molar-refractivity contribution in [3.63, 3.8) is 0 Å². The van der Waals surface area contributed by atoms with E-state index in [0.29, 0.717) is 33.1 Å². The van der Waals surface area contributed by atoms with Gasteiger partial charge in [0.1, 0.15) is 16.5 Å². The number of thiazole rings is 1. The SMILES string of the molecule is COc1c(C)cc(Br)cc1C(=O)NC(=S)Nc1cc(C)c(O)c(-c2nc3ccccc3s2)c1. The van der Waals surface area contributed by atoms with Crippen molar-refractivity contribution >= 4 is 66.4 Å². The fourth-order valence-electron chi connectivity index (χ4n) is 3.50. The van der Waals surface area contributed by atoms with E-state index in [2.05, 4.69) is 31.5 Å². The molecule has 0 aliphatic rings. The maximum atomic E-state index is 12.9. The summed E-state index contributed by atoms with van der Waals surface area (Å²) in [6.07, 6.45) is 0. The van der Waals surface area contributed by atoms with Gasteiger partial charge in [-0.1, -0.05) is 28.1 Å². The van der Waals surface area contributed by atoms with Crippen LogP contribution in [0.2, 0.25) is 0 Å². The number of amides is 1. The minimum absolute atomic E-state index is 0.125. The Morgan fingerprint density at radius 3 is 2.64 bits per heavy atom. The number of carbonyl (C=O) groups excluding carboxylic acids is 1. The second-order valence-electron chi connectivity index (χ2n) is 7.39. The number of halogens is 1. The first-order valence-electron chi connectivity index (χ1n) is 9.93. The summed E-state index contributed by atoms with van der Waals surface area (Å²) in [5, 5.41) is 17.2. The largest absolute Gasteiger partial charge is 0.507 e. The molecule has 0 bridgehead atoms. The van der Waals surface area contributed by atoms with Gasteiger partial charge in [0.25, 0.3) is 5.91 Å². The highest BCUT2D eigenvalue weighted by atomic mass is 79.9. The lowest BCUT2D eigenvalue weighted by atomic mass is 10.1. The number of rotatable bonds is 4. The predicted molar refractivity (Wildman–Crippen MR) is 141 cm³/mol. The Kier molecular flexibility index (Phi) is 6.64. The van der Waals surface area contributed by atoms with E-state index >= 15 is 0 Å². The zero-order valence-electron chi connectivity index (χ0n) is 18.0. The maximum Gasteiger partial charge on any atom is 0.261 e. The quantitative estimate of drug-likeness (QED) is 0.211. The number of nitrogens with zero attached hydrogens (tertiary/aromatic N) is 1. The summed E-state index contributed by atoms with van der Waals surface area (Å²) in [7, 11) is 1.52. The number of hydrogen-bond donors (Lipinski definition) is 3. The number of phenolic OH excluding ortho intramolecular Hbond substituents is 1. The van der Waals surface area contributed by atoms with Crippen LogP contribution in [0.25, 0.3) is 20.8 Å². The topological polar surface area (TPSA) is 83.5 Å². The van der Waals surface area contributed by atoms with Gasteiger partial charge in [0.2, 0.25) is 0 Å². The van der Waals surface area contributed by atoms with Crippen molar-refractivity contribution in [2.45, 2.75) is 13.8 Å². The summed E-state index contributed by atoms with van der Waals surface area (Å²) in [5.41, 5.74) is 3.94. The Hall–Kier alpha value is -3.01. The molecule has 9 heteroatoms. The molecule has 0 saturated heterocycles. The molecular weight excluding hydrogens is 522 g/mol. The third-order valence-electron chi connectivity index (χ3n) is 5.00. The van der Waals surface area contributed by atoms with Gasteiger partial charge < -0.3 is 15.2 Å². The fraction of sp³-hybridized carbons (Fsp3) is 0.125. The van der Waals surface area contributed by atoms with Crippen LogP contribution in [-0.2, 0) is 0 Å². The molecule has 1 heterocycles. The molecule has 4 aromatic rings. The number of aromatic nitrogens is 1. The lowest BCUT2D eigenvalue weighted by molar-refractivity contribution is 0.0974. The highest BCUT2D eigenvalue weighted by Crippen LogP contribution is 2.39. The van der Waals surface area contributed by atoms with Crippen LogP contribution in [0.4, 0.5) is 5.69 Å². The van der Waals surface area contributed by atoms with E-state index in [0.717, 1.165) is 20.3 Å². The number of anilines is 1. The molecule has 168 valence electrons. The molecular formula is C24H20BrN3O3S2. The van der Waals surface area contributed by atoms with Crippen LogP contribution in [0, 0.1) is 13.8 Å². The second-order valence-corrected chi connectivity index (χ2v) is 9.74. The Balaban J connectivity index is 1.58. The lowest BCUT2D eigenvalue weighted by Crippen LogP contribution is -2.34. The summed E-state index contributed by atoms with van der Waals surface area (Å²) in [6, 6.07) is 14.9. The van der Waals surface area contributed by atoms with Gasteiger partial charge in [-0.2, -0.15) is 0 Å². The van der Waals surface area contributed by atoms with Crippen LogP contribution in [0.1, 0.15) is 21.5 Å². The van der Waals surface area contributed by atoms with E-state index in [1.165, 1.54) is 18.4 Å². The molecule has 0 unspecified atom stereocenters. The molecule has 1 aromatic heterocycles. The van der Waals surface area contributed by atoms with Crippen LogP contribution in [0.5, 0.6) is 11.5 Å². The van der Waals surface area contributed by atoms with Gasteiger partial charge in [-0.15, -0.1) is 11.3 Å². The monoisotopic (exact) mass is 541 g/mol. The van der Waals surface area contributed by atoms with E-state index in [1.54, 1.807) is 25.1 Å². The Labute approximate surface area is 208 Å². The number of aromatic hydroxyl groups is 1. The predicted octanol–water partition coefficient (Wildman–Crippen LogP) is 6.18. The summed E-state index contributed by atoms with van der Waals surface area (Å²) >= 11 is 10.3. The number of thiocarbonyl (C=S) groups is 1. The van der Waals surface area contributed by atoms with Gasteiger partial charge in [0.15, 0.2) is 5.11 Å². The molecule has 0 spiro atoms. The summed E-state index contributed by atoms with van der Waals surface area (Å²) in [5.74, 6) is 0.247. The van der Waals surface area contributed by atoms with E-state index in [-0.39, 0.29) is 10.9 Å². The van der Waals surface area contributed by atoms with Crippen LogP contribution in [0.3, 0.4) is 0 Å². The number of aryl methyl sites for hydroxylation is 2. The molecule has 0 atom stereocenters. The standard InChI is InChI=1S/C24H20BrN3O3S2/c1-12-9-15(11-16(20(12)29)23-27-18-6-4-5-7-19(18)33-23)26-24(32)28-22(30)17-10-14(25)8-13(2)21(17)31-3/h4-11,29H,1-3H3,(H2,26,28,30,32). The smallest absolute Gasteiger partial charge is 0.261 e. The third-order valence-corrected chi connectivity index (χ3v) is 6.73. The average Bonchev–Trinajstić information content (AvgIpc) is 3.19. The van der Waals surface area contributed by atoms with E-state index in [9.17, 15) is 9.90 Å². The number of phenols is 1. The van der Waals surface area contributed by atoms with Crippen molar-refractivity contribution in [3.8, 4) is 22.1 Å². The van der Waals surface area contributed by atoms with E-state index < -0.39 is 5.91 Å². The highest BCUT2D eigenvalue weighted by molar-refractivity contribution is 9.10. The number of para-hydroxylation sites is 1. The molecule has 6 nitrogen and oxygen atoms in total. The van der Waals surface area contributed by atoms with Crippen LogP contribution < -0.4 is 15.4 Å². The molecule has 4 rings (SSSR count). The van der Waals surface area contributed by atoms with Gasteiger partial charge in [0.05, 0.1) is 28.5 Å². The zero-order chi connectivity index (χ0) is 23.7. The number of benzene rings is 3. The molecule has 0 saturated carbocycles. The summed E-state index contributed by atoms with van der Waals surface area (Å²) in [4.78, 5) is 17.5. The van der Waals surface area contributed by atoms with E-state index in [4.69, 9.17) is 17.0 Å². The van der Waals surface area contributed by atoms with Gasteiger partial charge in [0, 0.05) is 10.2 Å². The number of ether oxygens (including phenoxy) is 1. The van der Waals surface area contributed by atoms with Crippen LogP contribution in [-0.4, -0.2) is 28.2 Å². The normalized spacial score (nSPS) is 10.8. The maximum absolute atomic E-state index is 12.9. The van der Waals surface area contributed by atoms with Crippen molar-refractivity contribution in [1.82, 2.24) is 10.3 Å². The van der Waals surface area contributed by atoms with Crippen molar-refractivity contribution < 1.29 is 14.6 Å². The molecule has 0 aliphatic heterocycles. The highest BCUT2D eigenvalue weighted by Gasteiger charge is 2.18. The Bertz CT molecular complexity index is 1370. The number of carbonyl (C=O) groups is 1. The fourth-order valence-corrected chi connectivity index (χ4v) is 5.27. The van der Waals surface area contributed by atoms with E-state index in [1.807, 2.05) is 37.3 Å². The first-order chi connectivity index (χ1) is 15.8. The minimum atomic E-state index is -0.393. The lowest BCUT2D eigenvalue weighted by Gasteiger charge is -2.15. The van der Waals surface area contributed by atoms with Gasteiger partial charge in [-0.25, -0.2) is 4.98 Å². The van der Waals surface area contributed by atoms with Crippen molar-refractivity contribution in [3.05, 3.63) is 69.7 Å². The minimum Gasteiger partial charge on any atom is -0.507 e. The average molecular weight is 542 g/mol. The van der Waals surface area contributed by atoms with Crippen LogP contribution >= 0.6 is 39.5 Å². The Morgan fingerprint density at radius 2 is 1.91 bits per heavy atom. The van der Waals surface area contributed by atoms with Crippen molar-refractivity contribution in [2.24, 2.45) is 0 Å². The molecule has 0 fully saturated rings.